The number of carbonyl (C=O) groups excluding carboxylic acids is 1. The average Bonchev–Trinajstić information content (AvgIpc) is 2.64. The van der Waals surface area contributed by atoms with E-state index in [4.69, 9.17) is 19.9 Å². The Balaban J connectivity index is 2.09. The van der Waals surface area contributed by atoms with E-state index in [1.165, 1.54) is 7.11 Å². The molecule has 1 amide bonds. The number of amides is 1. The first-order valence-corrected chi connectivity index (χ1v) is 6.18. The molecular weight excluding hydrogens is 248 g/mol. The summed E-state index contributed by atoms with van der Waals surface area (Å²) in [5, 5.41) is 2.73. The predicted octanol–water partition coefficient (Wildman–Crippen LogP) is 0.760. The SMILES string of the molecule is COC(CN)C(=O)Nc1ccc2c(c1)OCCCO2. The molecule has 19 heavy (non-hydrogen) atoms. The minimum Gasteiger partial charge on any atom is -0.490 e. The van der Waals surface area contributed by atoms with Gasteiger partial charge in [0.15, 0.2) is 11.5 Å². The van der Waals surface area contributed by atoms with Crippen molar-refractivity contribution >= 4 is 11.6 Å². The summed E-state index contributed by atoms with van der Waals surface area (Å²) in [6, 6.07) is 5.27. The lowest BCUT2D eigenvalue weighted by atomic mass is 10.2. The molecule has 0 spiro atoms. The monoisotopic (exact) mass is 266 g/mol. The van der Waals surface area contributed by atoms with Crippen LogP contribution in [0.15, 0.2) is 18.2 Å². The summed E-state index contributed by atoms with van der Waals surface area (Å²) in [6.45, 7) is 1.37. The second-order valence-electron chi connectivity index (χ2n) is 4.16. The number of nitrogens with two attached hydrogens (primary N) is 1. The molecule has 1 unspecified atom stereocenters. The van der Waals surface area contributed by atoms with Crippen LogP contribution in [0.25, 0.3) is 0 Å². The van der Waals surface area contributed by atoms with Crippen molar-refractivity contribution in [3.8, 4) is 11.5 Å². The number of fused-ring (bicyclic) bond motifs is 1. The van der Waals surface area contributed by atoms with Crippen LogP contribution in [0.4, 0.5) is 5.69 Å². The second-order valence-corrected chi connectivity index (χ2v) is 4.16. The van der Waals surface area contributed by atoms with E-state index in [0.717, 1.165) is 6.42 Å². The van der Waals surface area contributed by atoms with Gasteiger partial charge in [-0.2, -0.15) is 0 Å². The van der Waals surface area contributed by atoms with Crippen molar-refractivity contribution < 1.29 is 19.0 Å². The highest BCUT2D eigenvalue weighted by atomic mass is 16.5. The van der Waals surface area contributed by atoms with Gasteiger partial charge in [0.05, 0.1) is 13.2 Å². The molecule has 0 aromatic heterocycles. The molecule has 0 radical (unpaired) electrons. The van der Waals surface area contributed by atoms with E-state index in [-0.39, 0.29) is 12.5 Å². The van der Waals surface area contributed by atoms with Crippen molar-refractivity contribution in [2.45, 2.75) is 12.5 Å². The normalized spacial score (nSPS) is 15.5. The summed E-state index contributed by atoms with van der Waals surface area (Å²) < 4.78 is 16.0. The number of hydrogen-bond acceptors (Lipinski definition) is 5. The lowest BCUT2D eigenvalue weighted by Gasteiger charge is -2.14. The Bertz CT molecular complexity index is 446. The van der Waals surface area contributed by atoms with Gasteiger partial charge >= 0.3 is 0 Å². The van der Waals surface area contributed by atoms with Crippen LogP contribution in [0.3, 0.4) is 0 Å². The van der Waals surface area contributed by atoms with E-state index in [1.807, 2.05) is 0 Å². The van der Waals surface area contributed by atoms with E-state index in [0.29, 0.717) is 30.4 Å². The first kappa shape index (κ1) is 13.6. The van der Waals surface area contributed by atoms with Crippen LogP contribution in [0, 0.1) is 0 Å². The molecule has 3 N–H and O–H groups in total. The molecule has 0 aliphatic carbocycles. The fourth-order valence-corrected chi connectivity index (χ4v) is 1.77. The van der Waals surface area contributed by atoms with Gasteiger partial charge in [-0.15, -0.1) is 0 Å². The van der Waals surface area contributed by atoms with E-state index >= 15 is 0 Å². The Morgan fingerprint density at radius 3 is 2.84 bits per heavy atom. The van der Waals surface area contributed by atoms with E-state index in [9.17, 15) is 4.79 Å². The average molecular weight is 266 g/mol. The Morgan fingerprint density at radius 2 is 2.16 bits per heavy atom. The number of carbonyl (C=O) groups is 1. The summed E-state index contributed by atoms with van der Waals surface area (Å²) >= 11 is 0. The maximum Gasteiger partial charge on any atom is 0.254 e. The van der Waals surface area contributed by atoms with Gasteiger partial charge < -0.3 is 25.3 Å². The molecule has 6 nitrogen and oxygen atoms in total. The Morgan fingerprint density at radius 1 is 1.42 bits per heavy atom. The Kier molecular flexibility index (Phi) is 4.59. The summed E-state index contributed by atoms with van der Waals surface area (Å²) in [5.74, 6) is 1.05. The summed E-state index contributed by atoms with van der Waals surface area (Å²) in [6.07, 6.45) is 0.186. The van der Waals surface area contributed by atoms with Gasteiger partial charge in [-0.05, 0) is 12.1 Å². The Hall–Kier alpha value is -1.79. The summed E-state index contributed by atoms with van der Waals surface area (Å²) in [4.78, 5) is 11.8. The molecule has 0 fully saturated rings. The number of methoxy groups -OCH3 is 1. The van der Waals surface area contributed by atoms with Crippen LogP contribution in [-0.4, -0.2) is 38.9 Å². The minimum atomic E-state index is -0.657. The standard InChI is InChI=1S/C13H18N2O4/c1-17-12(8-14)13(16)15-9-3-4-10-11(7-9)19-6-2-5-18-10/h3-4,7,12H,2,5-6,8,14H2,1H3,(H,15,16). The van der Waals surface area contributed by atoms with E-state index in [1.54, 1.807) is 18.2 Å². The highest BCUT2D eigenvalue weighted by molar-refractivity contribution is 5.94. The van der Waals surface area contributed by atoms with Crippen molar-refractivity contribution in [1.82, 2.24) is 0 Å². The van der Waals surface area contributed by atoms with Crippen LogP contribution in [0.1, 0.15) is 6.42 Å². The van der Waals surface area contributed by atoms with Gasteiger partial charge in [0.1, 0.15) is 6.10 Å². The van der Waals surface area contributed by atoms with Crippen LogP contribution in [0.5, 0.6) is 11.5 Å². The number of anilines is 1. The molecule has 1 aliphatic heterocycles. The number of hydrogen-bond donors (Lipinski definition) is 2. The van der Waals surface area contributed by atoms with Gasteiger partial charge in [-0.1, -0.05) is 0 Å². The molecule has 1 aliphatic rings. The smallest absolute Gasteiger partial charge is 0.254 e. The fraction of sp³-hybridized carbons (Fsp3) is 0.462. The van der Waals surface area contributed by atoms with Gasteiger partial charge in [0, 0.05) is 31.8 Å². The maximum absolute atomic E-state index is 11.8. The zero-order chi connectivity index (χ0) is 13.7. The topological polar surface area (TPSA) is 82.8 Å². The third-order valence-electron chi connectivity index (χ3n) is 2.81. The maximum atomic E-state index is 11.8. The number of nitrogens with one attached hydrogen (secondary N) is 1. The van der Waals surface area contributed by atoms with Crippen molar-refractivity contribution in [3.05, 3.63) is 18.2 Å². The molecule has 1 heterocycles. The van der Waals surface area contributed by atoms with E-state index < -0.39 is 6.10 Å². The minimum absolute atomic E-state index is 0.132. The summed E-state index contributed by atoms with van der Waals surface area (Å²) in [7, 11) is 1.45. The first-order chi connectivity index (χ1) is 9.24. The molecule has 6 heteroatoms. The van der Waals surface area contributed by atoms with Crippen LogP contribution in [-0.2, 0) is 9.53 Å². The Labute approximate surface area is 111 Å². The van der Waals surface area contributed by atoms with Crippen molar-refractivity contribution in [2.24, 2.45) is 5.73 Å². The highest BCUT2D eigenvalue weighted by Crippen LogP contribution is 2.32. The van der Waals surface area contributed by atoms with Gasteiger partial charge in [-0.25, -0.2) is 0 Å². The van der Waals surface area contributed by atoms with Gasteiger partial charge in [0.2, 0.25) is 0 Å². The molecule has 1 atom stereocenters. The second kappa shape index (κ2) is 6.40. The van der Waals surface area contributed by atoms with E-state index in [2.05, 4.69) is 5.32 Å². The molecule has 104 valence electrons. The first-order valence-electron chi connectivity index (χ1n) is 6.18. The largest absolute Gasteiger partial charge is 0.490 e. The number of benzene rings is 1. The molecular formula is C13H18N2O4. The molecule has 1 aromatic carbocycles. The zero-order valence-electron chi connectivity index (χ0n) is 10.8. The predicted molar refractivity (Wildman–Crippen MR) is 70.5 cm³/mol. The highest BCUT2D eigenvalue weighted by Gasteiger charge is 2.17. The van der Waals surface area contributed by atoms with Crippen molar-refractivity contribution in [2.75, 3.05) is 32.2 Å². The van der Waals surface area contributed by atoms with Gasteiger partial charge in [-0.3, -0.25) is 4.79 Å². The molecule has 0 saturated carbocycles. The molecule has 1 aromatic rings. The lowest BCUT2D eigenvalue weighted by Crippen LogP contribution is -2.35. The molecule has 0 bridgehead atoms. The zero-order valence-corrected chi connectivity index (χ0v) is 10.8. The number of ether oxygens (including phenoxy) is 3. The van der Waals surface area contributed by atoms with Crippen molar-refractivity contribution in [3.63, 3.8) is 0 Å². The molecule has 2 rings (SSSR count). The van der Waals surface area contributed by atoms with Gasteiger partial charge in [0.25, 0.3) is 5.91 Å². The van der Waals surface area contributed by atoms with Crippen molar-refractivity contribution in [1.29, 1.82) is 0 Å². The fourth-order valence-electron chi connectivity index (χ4n) is 1.77. The van der Waals surface area contributed by atoms with Crippen LogP contribution < -0.4 is 20.5 Å². The van der Waals surface area contributed by atoms with Crippen LogP contribution >= 0.6 is 0 Å². The van der Waals surface area contributed by atoms with Crippen LogP contribution in [0.2, 0.25) is 0 Å². The quantitative estimate of drug-likeness (QED) is 0.840. The summed E-state index contributed by atoms with van der Waals surface area (Å²) in [5.41, 5.74) is 6.07. The molecule has 0 saturated heterocycles. The number of rotatable bonds is 4. The third kappa shape index (κ3) is 3.36. The lowest BCUT2D eigenvalue weighted by molar-refractivity contribution is -0.125. The third-order valence-corrected chi connectivity index (χ3v) is 2.81.